The van der Waals surface area contributed by atoms with Crippen LogP contribution in [0.2, 0.25) is 5.02 Å². The van der Waals surface area contributed by atoms with Crippen molar-refractivity contribution in [1.29, 1.82) is 0 Å². The summed E-state index contributed by atoms with van der Waals surface area (Å²) < 4.78 is 7.39. The minimum atomic E-state index is -0.292. The molecule has 0 radical (unpaired) electrons. The van der Waals surface area contributed by atoms with Crippen molar-refractivity contribution in [2.45, 2.75) is 45.8 Å². The van der Waals surface area contributed by atoms with Crippen molar-refractivity contribution < 1.29 is 9.84 Å². The molecule has 1 aromatic heterocycles. The van der Waals surface area contributed by atoms with E-state index in [4.69, 9.17) is 16.3 Å². The fourth-order valence-corrected chi connectivity index (χ4v) is 2.79. The molecular formula is C13H21ClN2O2. The van der Waals surface area contributed by atoms with Gasteiger partial charge in [-0.1, -0.05) is 18.5 Å². The van der Waals surface area contributed by atoms with E-state index in [-0.39, 0.29) is 12.0 Å². The van der Waals surface area contributed by atoms with Gasteiger partial charge in [0.2, 0.25) is 0 Å². The molecule has 2 unspecified atom stereocenters. The summed E-state index contributed by atoms with van der Waals surface area (Å²) >= 11 is 6.37. The molecule has 0 saturated carbocycles. The molecule has 0 spiro atoms. The number of rotatable bonds is 4. The Kier molecular flexibility index (Phi) is 4.65. The predicted octanol–water partition coefficient (Wildman–Crippen LogP) is 2.06. The Morgan fingerprint density at radius 3 is 2.89 bits per heavy atom. The number of hydrogen-bond donors (Lipinski definition) is 1. The van der Waals surface area contributed by atoms with Gasteiger partial charge in [0.05, 0.1) is 29.1 Å². The minimum Gasteiger partial charge on any atom is -0.393 e. The molecule has 0 amide bonds. The number of aliphatic hydroxyl groups excluding tert-OH is 1. The number of aliphatic hydroxyl groups is 1. The van der Waals surface area contributed by atoms with Crippen LogP contribution in [-0.2, 0) is 24.1 Å². The van der Waals surface area contributed by atoms with E-state index < -0.39 is 0 Å². The lowest BCUT2D eigenvalue weighted by molar-refractivity contribution is -0.0356. The molecule has 102 valence electrons. The fraction of sp³-hybridized carbons (Fsp3) is 0.769. The second-order valence-corrected chi connectivity index (χ2v) is 5.15. The lowest BCUT2D eigenvalue weighted by Crippen LogP contribution is -2.33. The van der Waals surface area contributed by atoms with Crippen LogP contribution in [0.3, 0.4) is 0 Å². The molecular weight excluding hydrogens is 252 g/mol. The average molecular weight is 273 g/mol. The van der Waals surface area contributed by atoms with Gasteiger partial charge >= 0.3 is 0 Å². The average Bonchev–Trinajstić information content (AvgIpc) is 2.69. The highest BCUT2D eigenvalue weighted by molar-refractivity contribution is 6.31. The Morgan fingerprint density at radius 2 is 2.28 bits per heavy atom. The molecule has 18 heavy (non-hydrogen) atoms. The van der Waals surface area contributed by atoms with Gasteiger partial charge in [-0.3, -0.25) is 4.68 Å². The van der Waals surface area contributed by atoms with Crippen LogP contribution in [-0.4, -0.2) is 34.2 Å². The van der Waals surface area contributed by atoms with E-state index in [2.05, 4.69) is 18.9 Å². The van der Waals surface area contributed by atoms with E-state index in [0.717, 1.165) is 35.8 Å². The van der Waals surface area contributed by atoms with Crippen LogP contribution in [0.15, 0.2) is 0 Å². The van der Waals surface area contributed by atoms with Crippen LogP contribution in [0.25, 0.3) is 0 Å². The van der Waals surface area contributed by atoms with Crippen LogP contribution < -0.4 is 0 Å². The van der Waals surface area contributed by atoms with Crippen molar-refractivity contribution >= 4 is 11.6 Å². The summed E-state index contributed by atoms with van der Waals surface area (Å²) in [6.07, 6.45) is 1.99. The highest BCUT2D eigenvalue weighted by Gasteiger charge is 2.27. The van der Waals surface area contributed by atoms with Gasteiger partial charge in [0.15, 0.2) is 0 Å². The van der Waals surface area contributed by atoms with Gasteiger partial charge in [0.25, 0.3) is 0 Å². The SMILES string of the molecule is CCc1nn(CC)c(CC2COCCC2O)c1Cl. The lowest BCUT2D eigenvalue weighted by Gasteiger charge is -2.27. The van der Waals surface area contributed by atoms with Crippen molar-refractivity contribution in [2.75, 3.05) is 13.2 Å². The fourth-order valence-electron chi connectivity index (χ4n) is 2.44. The largest absolute Gasteiger partial charge is 0.393 e. The molecule has 2 atom stereocenters. The number of nitrogens with zero attached hydrogens (tertiary/aromatic N) is 2. The number of aromatic nitrogens is 2. The highest BCUT2D eigenvalue weighted by atomic mass is 35.5. The maximum absolute atomic E-state index is 10.00. The lowest BCUT2D eigenvalue weighted by atomic mass is 9.93. The summed E-state index contributed by atoms with van der Waals surface area (Å²) in [5.41, 5.74) is 1.98. The van der Waals surface area contributed by atoms with Crippen molar-refractivity contribution in [3.63, 3.8) is 0 Å². The molecule has 1 fully saturated rings. The normalized spacial score (nSPS) is 24.4. The molecule has 0 bridgehead atoms. The van der Waals surface area contributed by atoms with Crippen LogP contribution in [0.1, 0.15) is 31.7 Å². The topological polar surface area (TPSA) is 47.3 Å². The molecule has 4 nitrogen and oxygen atoms in total. The quantitative estimate of drug-likeness (QED) is 0.913. The van der Waals surface area contributed by atoms with Gasteiger partial charge in [-0.15, -0.1) is 0 Å². The van der Waals surface area contributed by atoms with E-state index in [1.54, 1.807) is 0 Å². The van der Waals surface area contributed by atoms with E-state index in [1.807, 2.05) is 4.68 Å². The monoisotopic (exact) mass is 272 g/mol. The summed E-state index contributed by atoms with van der Waals surface area (Å²) in [6.45, 7) is 6.17. The number of halogens is 1. The summed E-state index contributed by atoms with van der Waals surface area (Å²) in [7, 11) is 0. The number of ether oxygens (including phenoxy) is 1. The first-order valence-corrected chi connectivity index (χ1v) is 7.05. The molecule has 0 aromatic carbocycles. The van der Waals surface area contributed by atoms with Gasteiger partial charge in [-0.05, 0) is 26.2 Å². The molecule has 1 N–H and O–H groups in total. The summed E-state index contributed by atoms with van der Waals surface area (Å²) in [5, 5.41) is 15.3. The van der Waals surface area contributed by atoms with E-state index >= 15 is 0 Å². The summed E-state index contributed by atoms with van der Waals surface area (Å²) in [6, 6.07) is 0. The van der Waals surface area contributed by atoms with Gasteiger partial charge in [-0.2, -0.15) is 5.10 Å². The highest BCUT2D eigenvalue weighted by Crippen LogP contribution is 2.27. The maximum atomic E-state index is 10.00. The number of aryl methyl sites for hydroxylation is 2. The third kappa shape index (κ3) is 2.71. The van der Waals surface area contributed by atoms with E-state index in [1.165, 1.54) is 0 Å². The molecule has 2 heterocycles. The maximum Gasteiger partial charge on any atom is 0.0850 e. The molecule has 0 aliphatic carbocycles. The molecule has 1 aliphatic rings. The van der Waals surface area contributed by atoms with Gasteiger partial charge in [-0.25, -0.2) is 0 Å². The Balaban J connectivity index is 2.19. The summed E-state index contributed by atoms with van der Waals surface area (Å²) in [5.74, 6) is 0.128. The van der Waals surface area contributed by atoms with Gasteiger partial charge in [0, 0.05) is 19.1 Å². The zero-order valence-electron chi connectivity index (χ0n) is 11.0. The second-order valence-electron chi connectivity index (χ2n) is 4.77. The molecule has 1 saturated heterocycles. The Hall–Kier alpha value is -0.580. The number of hydrogen-bond acceptors (Lipinski definition) is 3. The Morgan fingerprint density at radius 1 is 1.50 bits per heavy atom. The third-order valence-corrected chi connectivity index (χ3v) is 4.02. The smallest absolute Gasteiger partial charge is 0.0850 e. The predicted molar refractivity (Wildman–Crippen MR) is 70.9 cm³/mol. The van der Waals surface area contributed by atoms with Crippen LogP contribution in [0, 0.1) is 5.92 Å². The molecule has 5 heteroatoms. The third-order valence-electron chi connectivity index (χ3n) is 3.58. The van der Waals surface area contributed by atoms with Gasteiger partial charge in [0.1, 0.15) is 0 Å². The standard InChI is InChI=1S/C13H21ClN2O2/c1-3-10-13(14)11(16(4-2)15-10)7-9-8-18-6-5-12(9)17/h9,12,17H,3-8H2,1-2H3. The van der Waals surface area contributed by atoms with Crippen LogP contribution in [0.4, 0.5) is 0 Å². The molecule has 2 rings (SSSR count). The Bertz CT molecular complexity index is 406. The first-order valence-electron chi connectivity index (χ1n) is 6.67. The zero-order chi connectivity index (χ0) is 13.1. The van der Waals surface area contributed by atoms with Crippen molar-refractivity contribution in [3.8, 4) is 0 Å². The van der Waals surface area contributed by atoms with E-state index in [9.17, 15) is 5.11 Å². The van der Waals surface area contributed by atoms with Crippen LogP contribution in [0.5, 0.6) is 0 Å². The molecule has 1 aliphatic heterocycles. The van der Waals surface area contributed by atoms with Gasteiger partial charge < -0.3 is 9.84 Å². The summed E-state index contributed by atoms with van der Waals surface area (Å²) in [4.78, 5) is 0. The first-order chi connectivity index (χ1) is 8.67. The van der Waals surface area contributed by atoms with Crippen molar-refractivity contribution in [1.82, 2.24) is 9.78 Å². The first kappa shape index (κ1) is 13.8. The Labute approximate surface area is 113 Å². The molecule has 1 aromatic rings. The van der Waals surface area contributed by atoms with Crippen LogP contribution >= 0.6 is 11.6 Å². The second kappa shape index (κ2) is 6.04. The van der Waals surface area contributed by atoms with Crippen molar-refractivity contribution in [3.05, 3.63) is 16.4 Å². The van der Waals surface area contributed by atoms with E-state index in [0.29, 0.717) is 19.6 Å². The zero-order valence-corrected chi connectivity index (χ0v) is 11.8. The minimum absolute atomic E-state index is 0.128. The van der Waals surface area contributed by atoms with Crippen molar-refractivity contribution in [2.24, 2.45) is 5.92 Å².